The van der Waals surface area contributed by atoms with Gasteiger partial charge in [0.15, 0.2) is 0 Å². The third-order valence-corrected chi connectivity index (χ3v) is 2.58. The molecule has 78 valence electrons. The number of pyridine rings is 1. The average Bonchev–Trinajstić information content (AvgIpc) is 2.75. The van der Waals surface area contributed by atoms with Crippen LogP contribution in [0.2, 0.25) is 0 Å². The van der Waals surface area contributed by atoms with Gasteiger partial charge in [0.05, 0.1) is 5.52 Å². The summed E-state index contributed by atoms with van der Waals surface area (Å²) in [6.07, 6.45) is 7.25. The lowest BCUT2D eigenvalue weighted by molar-refractivity contribution is 0.961. The van der Waals surface area contributed by atoms with Crippen LogP contribution in [0.3, 0.4) is 0 Å². The Bertz CT molecular complexity index is 628. The van der Waals surface area contributed by atoms with Crippen molar-refractivity contribution in [3.63, 3.8) is 0 Å². The van der Waals surface area contributed by atoms with E-state index in [0.29, 0.717) is 5.95 Å². The molecule has 3 heterocycles. The van der Waals surface area contributed by atoms with E-state index >= 15 is 0 Å². The molecule has 0 unspecified atom stereocenters. The van der Waals surface area contributed by atoms with Crippen LogP contribution in [0.5, 0.6) is 0 Å². The number of hydrogen-bond donors (Lipinski definition) is 0. The third-order valence-electron chi connectivity index (χ3n) is 2.58. The zero-order chi connectivity index (χ0) is 11.0. The lowest BCUT2D eigenvalue weighted by Gasteiger charge is -2.02. The number of aromatic nitrogens is 4. The Kier molecular flexibility index (Phi) is 1.93. The van der Waals surface area contributed by atoms with Crippen molar-refractivity contribution in [1.82, 2.24) is 19.5 Å². The Morgan fingerprint density at radius 3 is 2.62 bits per heavy atom. The van der Waals surface area contributed by atoms with E-state index in [9.17, 15) is 0 Å². The van der Waals surface area contributed by atoms with Gasteiger partial charge in [-0.3, -0.25) is 9.55 Å². The number of hydrogen-bond acceptors (Lipinski definition) is 3. The van der Waals surface area contributed by atoms with Crippen LogP contribution < -0.4 is 0 Å². The maximum Gasteiger partial charge on any atom is 0.234 e. The zero-order valence-electron chi connectivity index (χ0n) is 8.83. The fraction of sp³-hybridized carbons (Fsp3) is 0.0833. The summed E-state index contributed by atoms with van der Waals surface area (Å²) >= 11 is 0. The largest absolute Gasteiger partial charge is 0.285 e. The van der Waals surface area contributed by atoms with Gasteiger partial charge in [0.25, 0.3) is 0 Å². The fourth-order valence-electron chi connectivity index (χ4n) is 1.80. The van der Waals surface area contributed by atoms with Crippen molar-refractivity contribution in [2.24, 2.45) is 0 Å². The zero-order valence-corrected chi connectivity index (χ0v) is 8.83. The Morgan fingerprint density at radius 1 is 1.00 bits per heavy atom. The molecule has 3 aromatic heterocycles. The first-order valence-electron chi connectivity index (χ1n) is 5.06. The molecule has 3 rings (SSSR count). The topological polar surface area (TPSA) is 43.6 Å². The summed E-state index contributed by atoms with van der Waals surface area (Å²) in [5.41, 5.74) is 2.10. The van der Waals surface area contributed by atoms with Crippen LogP contribution >= 0.6 is 0 Å². The number of rotatable bonds is 1. The van der Waals surface area contributed by atoms with Crippen molar-refractivity contribution in [2.45, 2.75) is 6.92 Å². The van der Waals surface area contributed by atoms with Crippen LogP contribution in [0, 0.1) is 6.92 Å². The minimum Gasteiger partial charge on any atom is -0.285 e. The van der Waals surface area contributed by atoms with E-state index in [1.165, 1.54) is 0 Å². The predicted octanol–water partition coefficient (Wildman–Crippen LogP) is 2.12. The summed E-state index contributed by atoms with van der Waals surface area (Å²) in [7, 11) is 0. The normalized spacial score (nSPS) is 10.8. The fourth-order valence-corrected chi connectivity index (χ4v) is 1.80. The molecular weight excluding hydrogens is 200 g/mol. The van der Waals surface area contributed by atoms with E-state index in [4.69, 9.17) is 0 Å². The molecule has 0 aliphatic carbocycles. The van der Waals surface area contributed by atoms with Crippen LogP contribution in [0.25, 0.3) is 16.9 Å². The molecule has 0 atom stereocenters. The molecule has 3 aromatic rings. The molecule has 0 N–H and O–H groups in total. The van der Waals surface area contributed by atoms with Gasteiger partial charge in [0, 0.05) is 35.9 Å². The molecule has 0 aliphatic rings. The number of aryl methyl sites for hydroxylation is 1. The summed E-state index contributed by atoms with van der Waals surface area (Å²) in [4.78, 5) is 12.7. The Balaban J connectivity index is 2.30. The highest BCUT2D eigenvalue weighted by Gasteiger charge is 2.06. The Labute approximate surface area is 92.6 Å². The van der Waals surface area contributed by atoms with Gasteiger partial charge in [-0.05, 0) is 25.1 Å². The van der Waals surface area contributed by atoms with Gasteiger partial charge < -0.3 is 0 Å². The smallest absolute Gasteiger partial charge is 0.234 e. The van der Waals surface area contributed by atoms with Crippen LogP contribution in [0.1, 0.15) is 5.69 Å². The first-order chi connectivity index (χ1) is 7.86. The second-order valence-corrected chi connectivity index (χ2v) is 3.56. The summed E-state index contributed by atoms with van der Waals surface area (Å²) < 4.78 is 1.96. The van der Waals surface area contributed by atoms with Crippen LogP contribution in [0.15, 0.2) is 43.0 Å². The standard InChI is InChI=1S/C12H10N4/c1-9-10-4-8-16(11(10)3-7-13-9)12-14-5-2-6-15-12/h2-8H,1H3. The number of fused-ring (bicyclic) bond motifs is 1. The highest BCUT2D eigenvalue weighted by atomic mass is 15.1. The van der Waals surface area contributed by atoms with E-state index in [0.717, 1.165) is 16.6 Å². The van der Waals surface area contributed by atoms with E-state index in [1.54, 1.807) is 18.6 Å². The summed E-state index contributed by atoms with van der Waals surface area (Å²) in [5, 5.41) is 1.13. The second kappa shape index (κ2) is 3.41. The van der Waals surface area contributed by atoms with Crippen LogP contribution in [-0.2, 0) is 0 Å². The Morgan fingerprint density at radius 2 is 1.81 bits per heavy atom. The molecule has 0 amide bonds. The maximum atomic E-state index is 4.26. The second-order valence-electron chi connectivity index (χ2n) is 3.56. The summed E-state index contributed by atoms with van der Waals surface area (Å²) in [6, 6.07) is 5.81. The van der Waals surface area contributed by atoms with E-state index in [-0.39, 0.29) is 0 Å². The SMILES string of the molecule is Cc1nccc2c1ccn2-c1ncccn1. The predicted molar refractivity (Wildman–Crippen MR) is 61.4 cm³/mol. The lowest BCUT2D eigenvalue weighted by Crippen LogP contribution is -1.98. The molecule has 16 heavy (non-hydrogen) atoms. The highest BCUT2D eigenvalue weighted by molar-refractivity contribution is 5.83. The molecular formula is C12H10N4. The van der Waals surface area contributed by atoms with Gasteiger partial charge in [-0.1, -0.05) is 0 Å². The van der Waals surface area contributed by atoms with E-state index in [2.05, 4.69) is 15.0 Å². The van der Waals surface area contributed by atoms with Gasteiger partial charge in [-0.15, -0.1) is 0 Å². The van der Waals surface area contributed by atoms with Gasteiger partial charge in [-0.25, -0.2) is 9.97 Å². The van der Waals surface area contributed by atoms with Gasteiger partial charge in [0.2, 0.25) is 5.95 Å². The lowest BCUT2D eigenvalue weighted by atomic mass is 10.2. The van der Waals surface area contributed by atoms with Crippen molar-refractivity contribution in [3.05, 3.63) is 48.7 Å². The third kappa shape index (κ3) is 1.27. The van der Waals surface area contributed by atoms with Gasteiger partial charge in [-0.2, -0.15) is 0 Å². The average molecular weight is 210 g/mol. The molecule has 0 fully saturated rings. The summed E-state index contributed by atoms with van der Waals surface area (Å²) in [5.74, 6) is 0.683. The van der Waals surface area contributed by atoms with Crippen LogP contribution in [0.4, 0.5) is 0 Å². The summed E-state index contributed by atoms with van der Waals surface area (Å²) in [6.45, 7) is 2.00. The molecule has 0 aliphatic heterocycles. The van der Waals surface area contributed by atoms with Crippen molar-refractivity contribution in [3.8, 4) is 5.95 Å². The molecule has 0 radical (unpaired) electrons. The Hall–Kier alpha value is -2.23. The highest BCUT2D eigenvalue weighted by Crippen LogP contribution is 2.19. The van der Waals surface area contributed by atoms with Crippen molar-refractivity contribution in [2.75, 3.05) is 0 Å². The molecule has 0 aromatic carbocycles. The first kappa shape index (κ1) is 9.03. The first-order valence-corrected chi connectivity index (χ1v) is 5.06. The minimum atomic E-state index is 0.683. The monoisotopic (exact) mass is 210 g/mol. The quantitative estimate of drug-likeness (QED) is 0.618. The molecule has 4 heteroatoms. The van der Waals surface area contributed by atoms with Crippen molar-refractivity contribution < 1.29 is 0 Å². The molecule has 0 saturated heterocycles. The maximum absolute atomic E-state index is 4.26. The van der Waals surface area contributed by atoms with Gasteiger partial charge >= 0.3 is 0 Å². The number of nitrogens with zero attached hydrogens (tertiary/aromatic N) is 4. The molecule has 0 saturated carbocycles. The molecule has 4 nitrogen and oxygen atoms in total. The van der Waals surface area contributed by atoms with E-state index < -0.39 is 0 Å². The molecule has 0 spiro atoms. The van der Waals surface area contributed by atoms with Crippen LogP contribution in [-0.4, -0.2) is 19.5 Å². The van der Waals surface area contributed by atoms with Gasteiger partial charge in [0.1, 0.15) is 0 Å². The minimum absolute atomic E-state index is 0.683. The van der Waals surface area contributed by atoms with Crippen molar-refractivity contribution >= 4 is 10.9 Å². The van der Waals surface area contributed by atoms with Crippen molar-refractivity contribution in [1.29, 1.82) is 0 Å². The molecule has 0 bridgehead atoms. The van der Waals surface area contributed by atoms with E-state index in [1.807, 2.05) is 35.9 Å².